The number of nitrogens with zero attached hydrogens (tertiary/aromatic N) is 3. The first kappa shape index (κ1) is 34.4. The Balaban J connectivity index is 1.16. The highest BCUT2D eigenvalue weighted by atomic mass is 16.2. The highest BCUT2D eigenvalue weighted by Crippen LogP contribution is 2.29. The van der Waals surface area contributed by atoms with E-state index < -0.39 is 6.04 Å². The second-order valence-corrected chi connectivity index (χ2v) is 13.3. The van der Waals surface area contributed by atoms with Crippen LogP contribution in [0.3, 0.4) is 0 Å². The Morgan fingerprint density at radius 2 is 1.68 bits per heavy atom. The SMILES string of the molecule is Cc1ccc(C(=O)NC2CCNC(=O)C2)cc1-c1ccc(C[C@H](NC(=O)[C@H]2CC[C@H](CN)CC2)C(=O)Nc2ccc(-c3nn[nH]n3)cc2)cc1. The Morgan fingerprint density at radius 3 is 2.36 bits per heavy atom. The first-order valence-electron chi connectivity index (χ1n) is 17.2. The molecular weight excluding hydrogens is 634 g/mol. The lowest BCUT2D eigenvalue weighted by atomic mass is 9.81. The van der Waals surface area contributed by atoms with Crippen molar-refractivity contribution in [2.45, 2.75) is 64.0 Å². The van der Waals surface area contributed by atoms with Crippen molar-refractivity contribution in [2.75, 3.05) is 18.4 Å². The molecule has 1 aliphatic carbocycles. The number of piperidine rings is 1. The molecule has 3 aromatic carbocycles. The third kappa shape index (κ3) is 8.58. The number of tetrazole rings is 1. The highest BCUT2D eigenvalue weighted by Gasteiger charge is 2.29. The predicted molar refractivity (Wildman–Crippen MR) is 188 cm³/mol. The summed E-state index contributed by atoms with van der Waals surface area (Å²) in [7, 11) is 0. The molecule has 6 rings (SSSR count). The zero-order chi connectivity index (χ0) is 35.0. The third-order valence-corrected chi connectivity index (χ3v) is 9.73. The number of aryl methyl sites for hydroxylation is 1. The van der Waals surface area contributed by atoms with E-state index in [0.717, 1.165) is 53.5 Å². The van der Waals surface area contributed by atoms with Gasteiger partial charge >= 0.3 is 0 Å². The summed E-state index contributed by atoms with van der Waals surface area (Å²) in [6, 6.07) is 19.5. The van der Waals surface area contributed by atoms with Gasteiger partial charge in [0.05, 0.1) is 0 Å². The molecule has 13 heteroatoms. The number of H-pyrrole nitrogens is 1. The number of carbonyl (C=O) groups is 4. The van der Waals surface area contributed by atoms with Crippen LogP contribution in [0.15, 0.2) is 66.7 Å². The summed E-state index contributed by atoms with van der Waals surface area (Å²) in [5.74, 6) is 0.00259. The summed E-state index contributed by atoms with van der Waals surface area (Å²) in [6.07, 6.45) is 4.56. The van der Waals surface area contributed by atoms with Gasteiger partial charge in [-0.3, -0.25) is 19.2 Å². The van der Waals surface area contributed by atoms with Gasteiger partial charge in [-0.25, -0.2) is 0 Å². The molecule has 7 N–H and O–H groups in total. The number of aromatic amines is 1. The van der Waals surface area contributed by atoms with Gasteiger partial charge in [-0.15, -0.1) is 10.2 Å². The lowest BCUT2D eigenvalue weighted by Crippen LogP contribution is -2.48. The van der Waals surface area contributed by atoms with Crippen molar-refractivity contribution >= 4 is 29.3 Å². The molecule has 1 saturated heterocycles. The van der Waals surface area contributed by atoms with E-state index >= 15 is 0 Å². The zero-order valence-electron chi connectivity index (χ0n) is 28.1. The molecule has 0 radical (unpaired) electrons. The first-order chi connectivity index (χ1) is 24.2. The Morgan fingerprint density at radius 1 is 0.940 bits per heavy atom. The normalized spacial score (nSPS) is 19.6. The largest absolute Gasteiger partial charge is 0.356 e. The standard InChI is InChI=1S/C37H43N9O4/c1-22-2-7-28(36(49)41-30-16-17-39-33(47)20-30)19-31(22)25-8-3-23(4-9-25)18-32(42-35(48)27-10-5-24(21-38)6-11-27)37(50)40-29-14-12-26(13-15-29)34-43-45-46-44-34/h2-4,7-9,12-15,19,24,27,30,32H,5-6,10-11,16-18,20-21,38H2,1H3,(H,39,47)(H,40,50)(H,41,49)(H,42,48)(H,43,44,45,46)/t24-,27-,30?,32-/m0/s1. The van der Waals surface area contributed by atoms with Crippen LogP contribution < -0.4 is 27.0 Å². The minimum absolute atomic E-state index is 0.0595. The third-order valence-electron chi connectivity index (χ3n) is 9.73. The Bertz CT molecular complexity index is 1800. The van der Waals surface area contributed by atoms with Crippen molar-refractivity contribution < 1.29 is 19.2 Å². The molecule has 1 unspecified atom stereocenters. The van der Waals surface area contributed by atoms with E-state index in [4.69, 9.17) is 5.73 Å². The molecule has 50 heavy (non-hydrogen) atoms. The van der Waals surface area contributed by atoms with Crippen LogP contribution in [0, 0.1) is 18.8 Å². The summed E-state index contributed by atoms with van der Waals surface area (Å²) in [5.41, 5.74) is 11.4. The molecule has 260 valence electrons. The summed E-state index contributed by atoms with van der Waals surface area (Å²) in [5, 5.41) is 25.8. The van der Waals surface area contributed by atoms with Crippen molar-refractivity contribution in [1.29, 1.82) is 0 Å². The minimum atomic E-state index is -0.812. The van der Waals surface area contributed by atoms with Crippen molar-refractivity contribution in [3.63, 3.8) is 0 Å². The number of nitrogens with one attached hydrogen (secondary N) is 5. The molecule has 4 aromatic rings. The molecule has 0 spiro atoms. The number of amides is 4. The Labute approximate surface area is 290 Å². The van der Waals surface area contributed by atoms with Gasteiger partial charge in [0, 0.05) is 48.2 Å². The molecule has 4 amide bonds. The minimum Gasteiger partial charge on any atom is -0.356 e. The van der Waals surface area contributed by atoms with Gasteiger partial charge in [0.1, 0.15) is 6.04 Å². The number of benzene rings is 3. The number of nitrogens with two attached hydrogens (primary N) is 1. The van der Waals surface area contributed by atoms with Gasteiger partial charge < -0.3 is 27.0 Å². The van der Waals surface area contributed by atoms with Gasteiger partial charge in [-0.05, 0) is 115 Å². The van der Waals surface area contributed by atoms with Crippen molar-refractivity contribution in [2.24, 2.45) is 17.6 Å². The number of hydrogen-bond donors (Lipinski definition) is 6. The van der Waals surface area contributed by atoms with Crippen molar-refractivity contribution in [1.82, 2.24) is 36.6 Å². The van der Waals surface area contributed by atoms with Crippen LogP contribution in [0.4, 0.5) is 5.69 Å². The van der Waals surface area contributed by atoms with Gasteiger partial charge in [-0.1, -0.05) is 30.3 Å². The van der Waals surface area contributed by atoms with E-state index in [1.165, 1.54) is 0 Å². The zero-order valence-corrected chi connectivity index (χ0v) is 28.1. The second kappa shape index (κ2) is 15.9. The van der Waals surface area contributed by atoms with Crippen LogP contribution in [0.1, 0.15) is 60.0 Å². The second-order valence-electron chi connectivity index (χ2n) is 13.3. The molecule has 2 heterocycles. The maximum atomic E-state index is 13.7. The molecule has 2 fully saturated rings. The van der Waals surface area contributed by atoms with Crippen LogP contribution in [-0.2, 0) is 20.8 Å². The first-order valence-corrected chi connectivity index (χ1v) is 17.2. The van der Waals surface area contributed by atoms with E-state index in [-0.39, 0.29) is 48.4 Å². The average molecular weight is 678 g/mol. The predicted octanol–water partition coefficient (Wildman–Crippen LogP) is 3.28. The fraction of sp³-hybridized carbons (Fsp3) is 0.378. The number of hydrogen-bond acceptors (Lipinski definition) is 8. The molecule has 2 atom stereocenters. The highest BCUT2D eigenvalue weighted by molar-refractivity contribution is 5.98. The molecule has 2 aliphatic rings. The van der Waals surface area contributed by atoms with E-state index in [1.807, 2.05) is 43.3 Å². The summed E-state index contributed by atoms with van der Waals surface area (Å²) in [6.45, 7) is 3.16. The van der Waals surface area contributed by atoms with Gasteiger partial charge in [0.15, 0.2) is 0 Å². The summed E-state index contributed by atoms with van der Waals surface area (Å²) < 4.78 is 0. The van der Waals surface area contributed by atoms with Crippen LogP contribution in [0.5, 0.6) is 0 Å². The van der Waals surface area contributed by atoms with Gasteiger partial charge in [0.25, 0.3) is 5.91 Å². The smallest absolute Gasteiger partial charge is 0.251 e. The lowest BCUT2D eigenvalue weighted by molar-refractivity contribution is -0.130. The van der Waals surface area contributed by atoms with Crippen LogP contribution in [-0.4, -0.2) is 69.4 Å². The molecule has 1 aliphatic heterocycles. The monoisotopic (exact) mass is 677 g/mol. The summed E-state index contributed by atoms with van der Waals surface area (Å²) in [4.78, 5) is 52.0. The van der Waals surface area contributed by atoms with Gasteiger partial charge in [-0.2, -0.15) is 5.21 Å². The molecule has 13 nitrogen and oxygen atoms in total. The summed E-state index contributed by atoms with van der Waals surface area (Å²) >= 11 is 0. The van der Waals surface area contributed by atoms with E-state index in [9.17, 15) is 19.2 Å². The average Bonchev–Trinajstić information content (AvgIpc) is 3.68. The maximum Gasteiger partial charge on any atom is 0.251 e. The molecule has 0 bridgehead atoms. The quantitative estimate of drug-likeness (QED) is 0.139. The fourth-order valence-corrected chi connectivity index (χ4v) is 6.68. The van der Waals surface area contributed by atoms with Crippen LogP contribution in [0.2, 0.25) is 0 Å². The molecule has 1 aromatic heterocycles. The van der Waals surface area contributed by atoms with E-state index in [2.05, 4.69) is 41.9 Å². The van der Waals surface area contributed by atoms with Crippen molar-refractivity contribution in [3.05, 3.63) is 83.4 Å². The molecule has 1 saturated carbocycles. The van der Waals surface area contributed by atoms with E-state index in [0.29, 0.717) is 42.5 Å². The number of anilines is 1. The fourth-order valence-electron chi connectivity index (χ4n) is 6.68. The number of aromatic nitrogens is 4. The number of rotatable bonds is 11. The Hall–Kier alpha value is -5.43. The van der Waals surface area contributed by atoms with Crippen LogP contribution >= 0.6 is 0 Å². The maximum absolute atomic E-state index is 13.7. The lowest BCUT2D eigenvalue weighted by Gasteiger charge is -2.28. The Kier molecular flexibility index (Phi) is 10.9. The topological polar surface area (TPSA) is 197 Å². The van der Waals surface area contributed by atoms with Crippen molar-refractivity contribution in [3.8, 4) is 22.5 Å². The van der Waals surface area contributed by atoms with Crippen LogP contribution in [0.25, 0.3) is 22.5 Å². The number of carbonyl (C=O) groups excluding carboxylic acids is 4. The molecular formula is C37H43N9O4. The van der Waals surface area contributed by atoms with E-state index in [1.54, 1.807) is 30.3 Å². The van der Waals surface area contributed by atoms with Gasteiger partial charge in [0.2, 0.25) is 23.5 Å².